The van der Waals surface area contributed by atoms with Crippen LogP contribution in [-0.2, 0) is 0 Å². The smallest absolute Gasteiger partial charge is 0.257 e. The highest BCUT2D eigenvalue weighted by atomic mass is 79.9. The molecular formula is C12H7BrCl2FN3O. The maximum atomic E-state index is 13.1. The third kappa shape index (κ3) is 3.20. The fourth-order valence-electron chi connectivity index (χ4n) is 1.47. The summed E-state index contributed by atoms with van der Waals surface area (Å²) in [4.78, 5) is 15.9. The molecule has 0 atom stereocenters. The number of carbonyl (C=O) groups is 1. The van der Waals surface area contributed by atoms with Crippen LogP contribution in [0, 0.1) is 5.82 Å². The molecule has 3 N–H and O–H groups in total. The fourth-order valence-corrected chi connectivity index (χ4v) is 2.56. The van der Waals surface area contributed by atoms with E-state index in [4.69, 9.17) is 28.9 Å². The molecule has 0 bridgehead atoms. The van der Waals surface area contributed by atoms with E-state index in [1.54, 1.807) is 0 Å². The molecule has 1 amide bonds. The van der Waals surface area contributed by atoms with Crippen molar-refractivity contribution in [2.24, 2.45) is 0 Å². The van der Waals surface area contributed by atoms with Crippen molar-refractivity contribution in [1.29, 1.82) is 0 Å². The maximum Gasteiger partial charge on any atom is 0.257 e. The van der Waals surface area contributed by atoms with Crippen molar-refractivity contribution in [3.8, 4) is 0 Å². The van der Waals surface area contributed by atoms with E-state index in [1.807, 2.05) is 0 Å². The Morgan fingerprint density at radius 3 is 2.65 bits per heavy atom. The van der Waals surface area contributed by atoms with E-state index in [0.29, 0.717) is 4.47 Å². The number of carbonyl (C=O) groups excluding carboxylic acids is 1. The van der Waals surface area contributed by atoms with Gasteiger partial charge in [0, 0.05) is 10.7 Å². The quantitative estimate of drug-likeness (QED) is 0.825. The molecule has 0 aliphatic heterocycles. The molecule has 1 heterocycles. The summed E-state index contributed by atoms with van der Waals surface area (Å²) in [5.41, 5.74) is 5.89. The highest BCUT2D eigenvalue weighted by Gasteiger charge is 2.16. The Bertz CT molecular complexity index is 673. The molecule has 20 heavy (non-hydrogen) atoms. The Morgan fingerprint density at radius 2 is 2.00 bits per heavy atom. The Hall–Kier alpha value is -1.37. The molecule has 0 spiro atoms. The van der Waals surface area contributed by atoms with Crippen molar-refractivity contribution in [2.45, 2.75) is 0 Å². The molecule has 104 valence electrons. The Balaban J connectivity index is 2.35. The molecule has 0 saturated carbocycles. The van der Waals surface area contributed by atoms with Gasteiger partial charge in [-0.25, -0.2) is 9.37 Å². The van der Waals surface area contributed by atoms with E-state index in [-0.39, 0.29) is 27.1 Å². The lowest BCUT2D eigenvalue weighted by Gasteiger charge is -2.10. The van der Waals surface area contributed by atoms with Gasteiger partial charge in [-0.1, -0.05) is 23.2 Å². The second-order valence-corrected chi connectivity index (χ2v) is 5.46. The van der Waals surface area contributed by atoms with E-state index in [1.165, 1.54) is 18.3 Å². The van der Waals surface area contributed by atoms with Crippen LogP contribution in [0.3, 0.4) is 0 Å². The number of nitrogens with one attached hydrogen (secondary N) is 1. The molecule has 0 saturated heterocycles. The molecule has 0 aliphatic rings. The second kappa shape index (κ2) is 5.95. The first-order chi connectivity index (χ1) is 9.38. The summed E-state index contributed by atoms with van der Waals surface area (Å²) in [7, 11) is 0. The summed E-state index contributed by atoms with van der Waals surface area (Å²) >= 11 is 14.9. The van der Waals surface area contributed by atoms with Crippen molar-refractivity contribution < 1.29 is 9.18 Å². The number of amides is 1. The molecule has 1 aromatic carbocycles. The lowest BCUT2D eigenvalue weighted by atomic mass is 10.2. The van der Waals surface area contributed by atoms with Crippen molar-refractivity contribution >= 4 is 56.5 Å². The Morgan fingerprint density at radius 1 is 1.30 bits per heavy atom. The second-order valence-electron chi connectivity index (χ2n) is 3.79. The molecule has 1 aromatic heterocycles. The van der Waals surface area contributed by atoms with E-state index in [9.17, 15) is 9.18 Å². The summed E-state index contributed by atoms with van der Waals surface area (Å²) < 4.78 is 13.4. The molecule has 2 rings (SSSR count). The third-order valence-corrected chi connectivity index (χ3v) is 3.59. The van der Waals surface area contributed by atoms with Gasteiger partial charge in [0.15, 0.2) is 0 Å². The molecule has 8 heteroatoms. The van der Waals surface area contributed by atoms with Crippen LogP contribution in [0.5, 0.6) is 0 Å². The number of nitrogen functional groups attached to an aromatic ring is 1. The van der Waals surface area contributed by atoms with Gasteiger partial charge in [-0.05, 0) is 34.1 Å². The normalized spacial score (nSPS) is 10.4. The van der Waals surface area contributed by atoms with Gasteiger partial charge in [-0.15, -0.1) is 0 Å². The van der Waals surface area contributed by atoms with Crippen LogP contribution >= 0.6 is 39.1 Å². The fraction of sp³-hybridized carbons (Fsp3) is 0. The third-order valence-electron chi connectivity index (χ3n) is 2.37. The van der Waals surface area contributed by atoms with Crippen LogP contribution in [-0.4, -0.2) is 10.9 Å². The Kier molecular flexibility index (Phi) is 4.47. The highest BCUT2D eigenvalue weighted by Crippen LogP contribution is 2.32. The molecule has 0 fully saturated rings. The van der Waals surface area contributed by atoms with Gasteiger partial charge < -0.3 is 11.1 Å². The zero-order chi connectivity index (χ0) is 14.9. The van der Waals surface area contributed by atoms with Crippen LogP contribution in [0.1, 0.15) is 10.4 Å². The summed E-state index contributed by atoms with van der Waals surface area (Å²) in [5, 5.41) is 2.74. The Labute approximate surface area is 132 Å². The van der Waals surface area contributed by atoms with Crippen LogP contribution in [0.4, 0.5) is 15.9 Å². The predicted octanol–water partition coefficient (Wildman–Crippen LogP) is 4.12. The lowest BCUT2D eigenvalue weighted by Crippen LogP contribution is -2.14. The summed E-state index contributed by atoms with van der Waals surface area (Å²) in [6.45, 7) is 0. The van der Waals surface area contributed by atoms with E-state index < -0.39 is 11.7 Å². The molecule has 2 aromatic rings. The summed E-state index contributed by atoms with van der Waals surface area (Å²) in [5.74, 6) is -0.895. The van der Waals surface area contributed by atoms with Gasteiger partial charge in [0.05, 0.1) is 21.3 Å². The molecule has 0 radical (unpaired) electrons. The number of halogens is 4. The number of rotatable bonds is 2. The van der Waals surface area contributed by atoms with Gasteiger partial charge in [0.25, 0.3) is 5.91 Å². The molecule has 0 unspecified atom stereocenters. The summed E-state index contributed by atoms with van der Waals surface area (Å²) in [6, 6.07) is 3.61. The largest absolute Gasteiger partial charge is 0.384 e. The zero-order valence-electron chi connectivity index (χ0n) is 9.75. The van der Waals surface area contributed by atoms with E-state index >= 15 is 0 Å². The topological polar surface area (TPSA) is 68.0 Å². The van der Waals surface area contributed by atoms with E-state index in [0.717, 1.165) is 6.07 Å². The first-order valence-corrected chi connectivity index (χ1v) is 6.80. The lowest BCUT2D eigenvalue weighted by molar-refractivity contribution is 0.102. The van der Waals surface area contributed by atoms with Gasteiger partial charge in [-0.3, -0.25) is 4.79 Å². The van der Waals surface area contributed by atoms with Gasteiger partial charge in [0.2, 0.25) is 0 Å². The minimum Gasteiger partial charge on any atom is -0.384 e. The molecule has 4 nitrogen and oxygen atoms in total. The number of nitrogens with zero attached hydrogens (tertiary/aromatic N) is 1. The highest BCUT2D eigenvalue weighted by molar-refractivity contribution is 9.10. The first kappa shape index (κ1) is 15.0. The van der Waals surface area contributed by atoms with Crippen molar-refractivity contribution in [1.82, 2.24) is 4.98 Å². The standard InChI is InChI=1S/C12H7BrCl2FN3O/c13-7-1-5(16)2-8(14)11(7)19-12(20)6-3-10(17)18-4-9(6)15/h1-4H,(H2,17,18)(H,19,20). The van der Waals surface area contributed by atoms with Crippen molar-refractivity contribution in [3.63, 3.8) is 0 Å². The van der Waals surface area contributed by atoms with Crippen LogP contribution in [0.15, 0.2) is 28.9 Å². The minimum absolute atomic E-state index is 0.0587. The van der Waals surface area contributed by atoms with Crippen LogP contribution in [0.2, 0.25) is 10.0 Å². The van der Waals surface area contributed by atoms with Gasteiger partial charge in [-0.2, -0.15) is 0 Å². The number of benzene rings is 1. The maximum absolute atomic E-state index is 13.1. The number of anilines is 2. The zero-order valence-corrected chi connectivity index (χ0v) is 12.9. The molecular weight excluding hydrogens is 372 g/mol. The van der Waals surface area contributed by atoms with Crippen LogP contribution < -0.4 is 11.1 Å². The number of aromatic nitrogens is 1. The average Bonchev–Trinajstić information content (AvgIpc) is 2.36. The number of hydrogen-bond acceptors (Lipinski definition) is 3. The first-order valence-electron chi connectivity index (χ1n) is 5.25. The minimum atomic E-state index is -0.529. The van der Waals surface area contributed by atoms with Gasteiger partial charge in [0.1, 0.15) is 11.6 Å². The van der Waals surface area contributed by atoms with Crippen LogP contribution in [0.25, 0.3) is 0 Å². The summed E-state index contributed by atoms with van der Waals surface area (Å²) in [6.07, 6.45) is 1.27. The molecule has 0 aliphatic carbocycles. The van der Waals surface area contributed by atoms with E-state index in [2.05, 4.69) is 26.2 Å². The monoisotopic (exact) mass is 377 g/mol. The van der Waals surface area contributed by atoms with Crippen molar-refractivity contribution in [2.75, 3.05) is 11.1 Å². The SMILES string of the molecule is Nc1cc(C(=O)Nc2c(Cl)cc(F)cc2Br)c(Cl)cn1. The van der Waals surface area contributed by atoms with Crippen molar-refractivity contribution in [3.05, 3.63) is 50.3 Å². The number of nitrogens with two attached hydrogens (primary N) is 1. The van der Waals surface area contributed by atoms with Gasteiger partial charge >= 0.3 is 0 Å². The number of hydrogen-bond donors (Lipinski definition) is 2. The predicted molar refractivity (Wildman–Crippen MR) is 80.7 cm³/mol. The number of pyridine rings is 1. The average molecular weight is 379 g/mol.